The Hall–Kier alpha value is -5.99. The first-order valence-electron chi connectivity index (χ1n) is 15.5. The molecule has 0 fully saturated rings. The molecule has 0 saturated carbocycles. The lowest BCUT2D eigenvalue weighted by Gasteiger charge is -2.17. The van der Waals surface area contributed by atoms with Crippen molar-refractivity contribution >= 4 is 70.3 Å². The minimum atomic E-state index is 0.950. The average Bonchev–Trinajstić information content (AvgIpc) is 3.54. The lowest BCUT2D eigenvalue weighted by Crippen LogP contribution is -1.90. The van der Waals surface area contributed by atoms with Crippen molar-refractivity contribution in [2.75, 3.05) is 0 Å². The quantitative estimate of drug-likeness (QED) is 0.189. The van der Waals surface area contributed by atoms with Crippen LogP contribution in [0.15, 0.2) is 158 Å². The number of nitrogens with zero attached hydrogens (tertiary/aromatic N) is 2. The number of fused-ring (bicyclic) bond motifs is 7. The summed E-state index contributed by atoms with van der Waals surface area (Å²) in [6.45, 7) is 0. The predicted octanol–water partition coefficient (Wildman–Crippen LogP) is 11.6. The average molecular weight is 571 g/mol. The molecule has 0 atom stereocenters. The highest BCUT2D eigenvalue weighted by Crippen LogP contribution is 2.44. The lowest BCUT2D eigenvalue weighted by atomic mass is 9.86. The first-order valence-corrected chi connectivity index (χ1v) is 15.5. The van der Waals surface area contributed by atoms with Crippen LogP contribution in [0, 0.1) is 0 Å². The summed E-state index contributed by atoms with van der Waals surface area (Å²) in [6, 6.07) is 53.3. The van der Waals surface area contributed by atoms with E-state index in [1.165, 1.54) is 75.8 Å². The molecule has 45 heavy (non-hydrogen) atoms. The maximum Gasteiger partial charge on any atom is 0.137 e. The highest BCUT2D eigenvalue weighted by atomic mass is 15.0. The van der Waals surface area contributed by atoms with Crippen molar-refractivity contribution in [3.63, 3.8) is 0 Å². The highest BCUT2D eigenvalue weighted by molar-refractivity contribution is 6.34. The van der Waals surface area contributed by atoms with E-state index in [0.29, 0.717) is 0 Å². The highest BCUT2D eigenvalue weighted by Gasteiger charge is 2.17. The molecule has 0 saturated heterocycles. The molecule has 0 aliphatic heterocycles. The summed E-state index contributed by atoms with van der Waals surface area (Å²) in [6.07, 6.45) is 4.19. The Kier molecular flexibility index (Phi) is 5.03. The number of hydrogen-bond acceptors (Lipinski definition) is 1. The monoisotopic (exact) mass is 570 g/mol. The Morgan fingerprint density at radius 2 is 0.889 bits per heavy atom. The predicted molar refractivity (Wildman–Crippen MR) is 191 cm³/mol. The van der Waals surface area contributed by atoms with E-state index in [4.69, 9.17) is 4.98 Å². The van der Waals surface area contributed by atoms with Gasteiger partial charge in [0.2, 0.25) is 0 Å². The SMILES string of the molecule is c1ccc2c(-c3cccc4c5cccc6ccc7cccc(c8ccccc8c34)c7c65)ccc(-c3cn4ccccc4n3)c2c1. The van der Waals surface area contributed by atoms with E-state index in [1.54, 1.807) is 0 Å². The molecule has 0 amide bonds. The molecular formula is C43H26N2. The van der Waals surface area contributed by atoms with Gasteiger partial charge >= 0.3 is 0 Å². The van der Waals surface area contributed by atoms with E-state index >= 15 is 0 Å². The minimum absolute atomic E-state index is 0.950. The van der Waals surface area contributed by atoms with Crippen LogP contribution in [-0.4, -0.2) is 9.38 Å². The molecule has 2 nitrogen and oxygen atoms in total. The maximum atomic E-state index is 4.98. The zero-order valence-corrected chi connectivity index (χ0v) is 24.4. The van der Waals surface area contributed by atoms with Crippen molar-refractivity contribution in [3.8, 4) is 22.4 Å². The number of hydrogen-bond donors (Lipinski definition) is 0. The minimum Gasteiger partial charge on any atom is -0.306 e. The standard InChI is InChI=1S/C43H26N2/c1-2-13-30-29(12-1)32(23-24-33(30)39-26-45-25-6-5-20-40(45)44-39)36-18-9-19-38-37-17-8-11-28-22-21-27-10-7-16-34(41(27)42(28)37)31-14-3-4-15-35(31)43(36)38/h1-26H. The van der Waals surface area contributed by atoms with Gasteiger partial charge in [0.05, 0.1) is 5.69 Å². The van der Waals surface area contributed by atoms with Crippen LogP contribution < -0.4 is 0 Å². The molecule has 0 radical (unpaired) electrons. The summed E-state index contributed by atoms with van der Waals surface area (Å²) in [5.74, 6) is 0. The summed E-state index contributed by atoms with van der Waals surface area (Å²) >= 11 is 0. The van der Waals surface area contributed by atoms with Crippen LogP contribution >= 0.6 is 0 Å². The summed E-state index contributed by atoms with van der Waals surface area (Å²) in [5.41, 5.74) is 5.54. The van der Waals surface area contributed by atoms with Gasteiger partial charge in [0.15, 0.2) is 0 Å². The molecule has 10 aromatic rings. The van der Waals surface area contributed by atoms with Gasteiger partial charge in [0, 0.05) is 18.0 Å². The van der Waals surface area contributed by atoms with Gasteiger partial charge in [-0.3, -0.25) is 0 Å². The van der Waals surface area contributed by atoms with Crippen molar-refractivity contribution in [3.05, 3.63) is 158 Å². The fraction of sp³-hybridized carbons (Fsp3) is 0. The third kappa shape index (κ3) is 3.48. The molecule has 2 heterocycles. The Balaban J connectivity index is 1.38. The molecule has 2 heteroatoms. The zero-order valence-electron chi connectivity index (χ0n) is 24.4. The van der Waals surface area contributed by atoms with Gasteiger partial charge in [-0.2, -0.15) is 0 Å². The second-order valence-electron chi connectivity index (χ2n) is 11.9. The first kappa shape index (κ1) is 24.5. The summed E-state index contributed by atoms with van der Waals surface area (Å²) in [5, 5.41) is 15.3. The number of pyridine rings is 1. The molecule has 0 aliphatic carbocycles. The Bertz CT molecular complexity index is 2790. The summed E-state index contributed by atoms with van der Waals surface area (Å²) in [4.78, 5) is 4.98. The molecule has 0 unspecified atom stereocenters. The first-order chi connectivity index (χ1) is 22.3. The van der Waals surface area contributed by atoms with Gasteiger partial charge in [-0.1, -0.05) is 133 Å². The second kappa shape index (κ2) is 9.25. The van der Waals surface area contributed by atoms with E-state index in [-0.39, 0.29) is 0 Å². The van der Waals surface area contributed by atoms with E-state index in [2.05, 4.69) is 150 Å². The van der Waals surface area contributed by atoms with Crippen molar-refractivity contribution in [1.82, 2.24) is 9.38 Å². The topological polar surface area (TPSA) is 17.3 Å². The van der Waals surface area contributed by atoms with Crippen LogP contribution in [0.5, 0.6) is 0 Å². The van der Waals surface area contributed by atoms with Crippen LogP contribution in [0.2, 0.25) is 0 Å². The molecule has 0 aliphatic rings. The van der Waals surface area contributed by atoms with E-state index < -0.39 is 0 Å². The summed E-state index contributed by atoms with van der Waals surface area (Å²) < 4.78 is 2.09. The van der Waals surface area contributed by atoms with Crippen LogP contribution in [0.4, 0.5) is 0 Å². The van der Waals surface area contributed by atoms with Crippen molar-refractivity contribution in [1.29, 1.82) is 0 Å². The maximum absolute atomic E-state index is 4.98. The van der Waals surface area contributed by atoms with E-state index in [0.717, 1.165) is 16.9 Å². The van der Waals surface area contributed by atoms with Gasteiger partial charge in [-0.05, 0) is 87.9 Å². The number of rotatable bonds is 2. The van der Waals surface area contributed by atoms with Gasteiger partial charge in [0.1, 0.15) is 5.65 Å². The zero-order chi connectivity index (χ0) is 29.5. The number of benzene rings is 7. The Labute approximate surface area is 259 Å². The Morgan fingerprint density at radius 3 is 1.62 bits per heavy atom. The van der Waals surface area contributed by atoms with Crippen LogP contribution in [0.25, 0.3) is 92.7 Å². The number of imidazole rings is 1. The largest absolute Gasteiger partial charge is 0.306 e. The van der Waals surface area contributed by atoms with E-state index in [1.807, 2.05) is 12.1 Å². The van der Waals surface area contributed by atoms with Crippen molar-refractivity contribution in [2.45, 2.75) is 0 Å². The smallest absolute Gasteiger partial charge is 0.137 e. The molecule has 2 aromatic heterocycles. The van der Waals surface area contributed by atoms with Gasteiger partial charge in [0.25, 0.3) is 0 Å². The normalized spacial score (nSPS) is 12.0. The van der Waals surface area contributed by atoms with Crippen LogP contribution in [-0.2, 0) is 0 Å². The Morgan fingerprint density at radius 1 is 0.356 bits per heavy atom. The lowest BCUT2D eigenvalue weighted by molar-refractivity contribution is 1.19. The van der Waals surface area contributed by atoms with Gasteiger partial charge in [-0.15, -0.1) is 0 Å². The fourth-order valence-corrected chi connectivity index (χ4v) is 7.65. The summed E-state index contributed by atoms with van der Waals surface area (Å²) in [7, 11) is 0. The molecule has 208 valence electrons. The van der Waals surface area contributed by atoms with Gasteiger partial charge < -0.3 is 4.40 Å². The molecule has 10 rings (SSSR count). The van der Waals surface area contributed by atoms with E-state index in [9.17, 15) is 0 Å². The van der Waals surface area contributed by atoms with Crippen molar-refractivity contribution < 1.29 is 0 Å². The molecule has 0 spiro atoms. The van der Waals surface area contributed by atoms with Gasteiger partial charge in [-0.25, -0.2) is 4.98 Å². The second-order valence-corrected chi connectivity index (χ2v) is 11.9. The molecular weight excluding hydrogens is 544 g/mol. The third-order valence-electron chi connectivity index (χ3n) is 9.58. The third-order valence-corrected chi connectivity index (χ3v) is 9.58. The molecule has 0 N–H and O–H groups in total. The fourth-order valence-electron chi connectivity index (χ4n) is 7.65. The molecule has 8 aromatic carbocycles. The molecule has 0 bridgehead atoms. The van der Waals surface area contributed by atoms with Crippen molar-refractivity contribution in [2.24, 2.45) is 0 Å². The van der Waals surface area contributed by atoms with Crippen LogP contribution in [0.1, 0.15) is 0 Å². The number of aromatic nitrogens is 2. The van der Waals surface area contributed by atoms with Crippen LogP contribution in [0.3, 0.4) is 0 Å².